The van der Waals surface area contributed by atoms with Crippen LogP contribution in [-0.4, -0.2) is 32.3 Å². The van der Waals surface area contributed by atoms with Gasteiger partial charge in [-0.15, -0.1) is 10.2 Å². The summed E-state index contributed by atoms with van der Waals surface area (Å²) in [7, 11) is 0. The maximum atomic E-state index is 6.43. The summed E-state index contributed by atoms with van der Waals surface area (Å²) in [6.07, 6.45) is 2.77. The maximum Gasteiger partial charge on any atom is 0.147 e. The second kappa shape index (κ2) is 5.95. The van der Waals surface area contributed by atoms with E-state index in [1.54, 1.807) is 0 Å². The van der Waals surface area contributed by atoms with Crippen LogP contribution < -0.4 is 5.73 Å². The van der Waals surface area contributed by atoms with Crippen LogP contribution in [-0.2, 0) is 13.1 Å². The van der Waals surface area contributed by atoms with E-state index in [4.69, 9.17) is 5.73 Å². The van der Waals surface area contributed by atoms with Crippen molar-refractivity contribution in [2.45, 2.75) is 45.4 Å². The molecule has 1 aliphatic rings. The number of fused-ring (bicyclic) bond motifs is 1. The van der Waals surface area contributed by atoms with E-state index >= 15 is 0 Å². The first kappa shape index (κ1) is 14.2. The Morgan fingerprint density at radius 3 is 2.71 bits per heavy atom. The molecule has 2 N–H and O–H groups in total. The number of aromatic nitrogens is 3. The van der Waals surface area contributed by atoms with Crippen LogP contribution in [0.3, 0.4) is 0 Å². The lowest BCUT2D eigenvalue weighted by Crippen LogP contribution is -2.44. The number of nitrogens with two attached hydrogens (primary N) is 1. The largest absolute Gasteiger partial charge is 0.326 e. The first-order chi connectivity index (χ1) is 10.2. The average Bonchev–Trinajstić information content (AvgIpc) is 2.97. The number of hydrogen-bond acceptors (Lipinski definition) is 4. The normalized spacial score (nSPS) is 18.2. The molecule has 1 aromatic carbocycles. The minimum atomic E-state index is 0.127. The molecule has 0 radical (unpaired) electrons. The van der Waals surface area contributed by atoms with Crippen LogP contribution in [0.15, 0.2) is 30.6 Å². The monoisotopic (exact) mass is 285 g/mol. The molecule has 0 bridgehead atoms. The van der Waals surface area contributed by atoms with E-state index in [1.807, 2.05) is 6.33 Å². The highest BCUT2D eigenvalue weighted by atomic mass is 15.3. The van der Waals surface area contributed by atoms with E-state index in [2.05, 4.69) is 57.8 Å². The summed E-state index contributed by atoms with van der Waals surface area (Å²) in [4.78, 5) is 2.43. The minimum absolute atomic E-state index is 0.127. The van der Waals surface area contributed by atoms with E-state index < -0.39 is 0 Å². The van der Waals surface area contributed by atoms with Crippen LogP contribution in [0.2, 0.25) is 0 Å². The second-order valence-electron chi connectivity index (χ2n) is 5.84. The van der Waals surface area contributed by atoms with Crippen LogP contribution in [0.1, 0.15) is 36.3 Å². The molecule has 0 spiro atoms. The Bertz CT molecular complexity index is 589. The van der Waals surface area contributed by atoms with Crippen molar-refractivity contribution in [2.24, 2.45) is 5.73 Å². The zero-order valence-corrected chi connectivity index (χ0v) is 12.7. The number of benzene rings is 1. The molecule has 0 aliphatic carbocycles. The molecular weight excluding hydrogens is 262 g/mol. The molecule has 112 valence electrons. The average molecular weight is 285 g/mol. The molecule has 1 aromatic heterocycles. The highest BCUT2D eigenvalue weighted by Crippen LogP contribution is 2.28. The second-order valence-corrected chi connectivity index (χ2v) is 5.84. The topological polar surface area (TPSA) is 60.0 Å². The third-order valence-corrected chi connectivity index (χ3v) is 4.36. The summed E-state index contributed by atoms with van der Waals surface area (Å²) >= 11 is 0. The molecule has 1 aliphatic heterocycles. The van der Waals surface area contributed by atoms with Gasteiger partial charge in [0.1, 0.15) is 12.2 Å². The fourth-order valence-corrected chi connectivity index (χ4v) is 3.04. The summed E-state index contributed by atoms with van der Waals surface area (Å²) < 4.78 is 2.13. The molecule has 0 fully saturated rings. The van der Waals surface area contributed by atoms with Crippen LogP contribution in [0.4, 0.5) is 0 Å². The Morgan fingerprint density at radius 1 is 1.24 bits per heavy atom. The van der Waals surface area contributed by atoms with Gasteiger partial charge in [0.2, 0.25) is 0 Å². The van der Waals surface area contributed by atoms with Crippen LogP contribution in [0.25, 0.3) is 0 Å². The Hall–Kier alpha value is -1.72. The summed E-state index contributed by atoms with van der Waals surface area (Å²) in [5, 5.41) is 8.21. The number of hydrogen-bond donors (Lipinski definition) is 1. The fourth-order valence-electron chi connectivity index (χ4n) is 3.04. The summed E-state index contributed by atoms with van der Waals surface area (Å²) in [5.74, 6) is 1.03. The van der Waals surface area contributed by atoms with Gasteiger partial charge in [-0.1, -0.05) is 36.8 Å². The molecule has 21 heavy (non-hydrogen) atoms. The van der Waals surface area contributed by atoms with Crippen molar-refractivity contribution in [3.8, 4) is 0 Å². The van der Waals surface area contributed by atoms with Gasteiger partial charge in [-0.3, -0.25) is 4.90 Å². The Morgan fingerprint density at radius 2 is 2.00 bits per heavy atom. The minimum Gasteiger partial charge on any atom is -0.326 e. The van der Waals surface area contributed by atoms with Gasteiger partial charge in [0.05, 0.1) is 12.6 Å². The van der Waals surface area contributed by atoms with Crippen LogP contribution in [0, 0.1) is 6.92 Å². The maximum absolute atomic E-state index is 6.43. The number of rotatable bonds is 4. The zero-order valence-electron chi connectivity index (χ0n) is 12.7. The van der Waals surface area contributed by atoms with E-state index in [-0.39, 0.29) is 12.1 Å². The zero-order chi connectivity index (χ0) is 14.8. The lowest BCUT2D eigenvalue weighted by Gasteiger charge is -2.37. The highest BCUT2D eigenvalue weighted by Gasteiger charge is 2.29. The van der Waals surface area contributed by atoms with E-state index in [0.29, 0.717) is 0 Å². The summed E-state index contributed by atoms with van der Waals surface area (Å²) in [5.41, 5.74) is 9.00. The molecule has 5 nitrogen and oxygen atoms in total. The van der Waals surface area contributed by atoms with Gasteiger partial charge in [0.15, 0.2) is 0 Å². The third-order valence-electron chi connectivity index (χ3n) is 4.36. The Labute approximate surface area is 125 Å². The van der Waals surface area contributed by atoms with Crippen molar-refractivity contribution in [2.75, 3.05) is 6.54 Å². The van der Waals surface area contributed by atoms with Gasteiger partial charge in [-0.05, 0) is 18.9 Å². The number of aryl methyl sites for hydroxylation is 1. The SMILES string of the molecule is CCC(N)C(c1ccc(C)cc1)N1CCn2cnnc2C1. The highest BCUT2D eigenvalue weighted by molar-refractivity contribution is 5.25. The fraction of sp³-hybridized carbons (Fsp3) is 0.500. The van der Waals surface area contributed by atoms with Crippen LogP contribution in [0.5, 0.6) is 0 Å². The quantitative estimate of drug-likeness (QED) is 0.932. The van der Waals surface area contributed by atoms with Crippen molar-refractivity contribution < 1.29 is 0 Å². The van der Waals surface area contributed by atoms with Crippen molar-refractivity contribution in [3.63, 3.8) is 0 Å². The van der Waals surface area contributed by atoms with Gasteiger partial charge < -0.3 is 10.3 Å². The molecule has 2 aromatic rings. The standard InChI is InChI=1S/C16H23N5/c1-3-14(17)16(13-6-4-12(2)5-7-13)20-8-9-21-11-18-19-15(21)10-20/h4-7,11,14,16H,3,8-10,17H2,1-2H3. The van der Waals surface area contributed by atoms with Crippen molar-refractivity contribution in [1.29, 1.82) is 0 Å². The van der Waals surface area contributed by atoms with E-state index in [1.165, 1.54) is 11.1 Å². The van der Waals surface area contributed by atoms with Crippen LogP contribution >= 0.6 is 0 Å². The third kappa shape index (κ3) is 2.84. The molecule has 2 heterocycles. The van der Waals surface area contributed by atoms with Crippen molar-refractivity contribution in [3.05, 3.63) is 47.5 Å². The lowest BCUT2D eigenvalue weighted by atomic mass is 9.95. The summed E-state index contributed by atoms with van der Waals surface area (Å²) in [6.45, 7) is 6.99. The molecule has 3 rings (SSSR count). The predicted octanol–water partition coefficient (Wildman–Crippen LogP) is 1.88. The van der Waals surface area contributed by atoms with Gasteiger partial charge in [0.25, 0.3) is 0 Å². The Kier molecular flexibility index (Phi) is 4.03. The molecule has 2 atom stereocenters. The number of nitrogens with zero attached hydrogens (tertiary/aromatic N) is 4. The first-order valence-electron chi connectivity index (χ1n) is 7.62. The van der Waals surface area contributed by atoms with Gasteiger partial charge in [-0.25, -0.2) is 0 Å². The van der Waals surface area contributed by atoms with Gasteiger partial charge >= 0.3 is 0 Å². The predicted molar refractivity (Wildman–Crippen MR) is 82.6 cm³/mol. The smallest absolute Gasteiger partial charge is 0.147 e. The van der Waals surface area contributed by atoms with Gasteiger partial charge in [0, 0.05) is 19.1 Å². The Balaban J connectivity index is 1.88. The van der Waals surface area contributed by atoms with Crippen molar-refractivity contribution in [1.82, 2.24) is 19.7 Å². The molecule has 2 unspecified atom stereocenters. The van der Waals surface area contributed by atoms with E-state index in [9.17, 15) is 0 Å². The molecular formula is C16H23N5. The van der Waals surface area contributed by atoms with E-state index in [0.717, 1.165) is 31.9 Å². The first-order valence-corrected chi connectivity index (χ1v) is 7.62. The molecule has 5 heteroatoms. The van der Waals surface area contributed by atoms with Gasteiger partial charge in [-0.2, -0.15) is 0 Å². The summed E-state index contributed by atoms with van der Waals surface area (Å²) in [6, 6.07) is 9.10. The molecule has 0 saturated carbocycles. The molecule has 0 saturated heterocycles. The molecule has 0 amide bonds. The lowest BCUT2D eigenvalue weighted by molar-refractivity contribution is 0.130. The van der Waals surface area contributed by atoms with Crippen molar-refractivity contribution >= 4 is 0 Å².